The minimum atomic E-state index is -0.172. The lowest BCUT2D eigenvalue weighted by molar-refractivity contribution is 0.0954. The summed E-state index contributed by atoms with van der Waals surface area (Å²) in [5.41, 5.74) is 0.818. The fraction of sp³-hybridized carbons (Fsp3) is 0.579. The standard InChI is InChI=1S/C19H31ClN4O/c1-14(10-11-19(2,3)4)24-18(21-5)23-13-12-22-17(25)15-8-6-7-9-16(15)20/h6-9,14H,10-13H2,1-5H3,(H,22,25)(H2,21,23,24). The number of nitrogens with zero attached hydrogens (tertiary/aromatic N) is 1. The van der Waals surface area contributed by atoms with Gasteiger partial charge in [-0.1, -0.05) is 44.5 Å². The Kier molecular flexibility index (Phi) is 8.76. The molecular weight excluding hydrogens is 336 g/mol. The Morgan fingerprint density at radius 1 is 1.20 bits per heavy atom. The number of aliphatic imine (C=N–C) groups is 1. The molecule has 0 aliphatic heterocycles. The fourth-order valence-electron chi connectivity index (χ4n) is 2.25. The van der Waals surface area contributed by atoms with Gasteiger partial charge in [-0.3, -0.25) is 9.79 Å². The van der Waals surface area contributed by atoms with Gasteiger partial charge in [-0.25, -0.2) is 0 Å². The molecule has 1 atom stereocenters. The van der Waals surface area contributed by atoms with Crippen LogP contribution < -0.4 is 16.0 Å². The summed E-state index contributed by atoms with van der Waals surface area (Å²) < 4.78 is 0. The van der Waals surface area contributed by atoms with Gasteiger partial charge in [0.1, 0.15) is 0 Å². The van der Waals surface area contributed by atoms with Crippen LogP contribution in [0.25, 0.3) is 0 Å². The largest absolute Gasteiger partial charge is 0.355 e. The molecule has 0 heterocycles. The van der Waals surface area contributed by atoms with Gasteiger partial charge in [-0.2, -0.15) is 0 Å². The molecule has 0 aliphatic rings. The van der Waals surface area contributed by atoms with E-state index in [4.69, 9.17) is 11.6 Å². The predicted molar refractivity (Wildman–Crippen MR) is 106 cm³/mol. The van der Waals surface area contributed by atoms with Gasteiger partial charge >= 0.3 is 0 Å². The lowest BCUT2D eigenvalue weighted by Gasteiger charge is -2.23. The maximum Gasteiger partial charge on any atom is 0.252 e. The highest BCUT2D eigenvalue weighted by Gasteiger charge is 2.13. The Bertz CT molecular complexity index is 581. The first-order chi connectivity index (χ1) is 11.7. The molecule has 0 aromatic heterocycles. The Labute approximate surface area is 156 Å². The average Bonchev–Trinajstić information content (AvgIpc) is 2.55. The second-order valence-corrected chi connectivity index (χ2v) is 7.79. The monoisotopic (exact) mass is 366 g/mol. The van der Waals surface area contributed by atoms with Gasteiger partial charge in [0.25, 0.3) is 5.91 Å². The predicted octanol–water partition coefficient (Wildman–Crippen LogP) is 3.45. The molecule has 0 bridgehead atoms. The summed E-state index contributed by atoms with van der Waals surface area (Å²) in [5.74, 6) is 0.572. The molecule has 6 heteroatoms. The Balaban J connectivity index is 2.31. The van der Waals surface area contributed by atoms with Crippen molar-refractivity contribution in [2.45, 2.75) is 46.6 Å². The van der Waals surface area contributed by atoms with Crippen LogP contribution in [0.5, 0.6) is 0 Å². The number of carbonyl (C=O) groups excluding carboxylic acids is 1. The molecule has 0 aliphatic carbocycles. The molecule has 140 valence electrons. The zero-order valence-corrected chi connectivity index (χ0v) is 16.7. The van der Waals surface area contributed by atoms with E-state index in [2.05, 4.69) is 48.6 Å². The topological polar surface area (TPSA) is 65.5 Å². The third-order valence-electron chi connectivity index (χ3n) is 3.76. The van der Waals surface area contributed by atoms with Crippen molar-refractivity contribution in [3.8, 4) is 0 Å². The van der Waals surface area contributed by atoms with Crippen LogP contribution in [0.3, 0.4) is 0 Å². The van der Waals surface area contributed by atoms with E-state index >= 15 is 0 Å². The van der Waals surface area contributed by atoms with Crippen LogP contribution in [0.1, 0.15) is 50.9 Å². The number of guanidine groups is 1. The van der Waals surface area contributed by atoms with Gasteiger partial charge < -0.3 is 16.0 Å². The molecule has 1 aromatic carbocycles. The Hall–Kier alpha value is -1.75. The second kappa shape index (κ2) is 10.3. The first-order valence-electron chi connectivity index (χ1n) is 8.73. The number of carbonyl (C=O) groups is 1. The van der Waals surface area contributed by atoms with E-state index in [9.17, 15) is 4.79 Å². The molecule has 1 amide bonds. The quantitative estimate of drug-likeness (QED) is 0.393. The molecule has 1 unspecified atom stereocenters. The van der Waals surface area contributed by atoms with Gasteiger partial charge in [0.15, 0.2) is 5.96 Å². The molecule has 5 nitrogen and oxygen atoms in total. The van der Waals surface area contributed by atoms with Gasteiger partial charge in [0.2, 0.25) is 0 Å². The SMILES string of the molecule is CN=C(NCCNC(=O)c1ccccc1Cl)NC(C)CCC(C)(C)C. The van der Waals surface area contributed by atoms with Crippen molar-refractivity contribution in [3.05, 3.63) is 34.9 Å². The lowest BCUT2D eigenvalue weighted by atomic mass is 9.89. The van der Waals surface area contributed by atoms with E-state index in [0.29, 0.717) is 35.1 Å². The Morgan fingerprint density at radius 3 is 2.44 bits per heavy atom. The van der Waals surface area contributed by atoms with E-state index in [0.717, 1.165) is 18.8 Å². The van der Waals surface area contributed by atoms with Crippen LogP contribution in [0.2, 0.25) is 5.02 Å². The van der Waals surface area contributed by atoms with E-state index in [1.807, 2.05) is 0 Å². The average molecular weight is 367 g/mol. The van der Waals surface area contributed by atoms with Crippen LogP contribution in [0, 0.1) is 5.41 Å². The summed E-state index contributed by atoms with van der Waals surface area (Å²) in [6.07, 6.45) is 2.22. The van der Waals surface area contributed by atoms with Gasteiger partial charge in [-0.05, 0) is 37.3 Å². The molecule has 1 aromatic rings. The highest BCUT2D eigenvalue weighted by molar-refractivity contribution is 6.33. The number of halogens is 1. The molecule has 3 N–H and O–H groups in total. The maximum absolute atomic E-state index is 12.1. The number of amides is 1. The van der Waals surface area contributed by atoms with Crippen LogP contribution >= 0.6 is 11.6 Å². The summed E-state index contributed by atoms with van der Waals surface area (Å²) >= 11 is 6.02. The summed E-state index contributed by atoms with van der Waals surface area (Å²) in [6.45, 7) is 9.96. The van der Waals surface area contributed by atoms with Gasteiger partial charge in [0, 0.05) is 26.2 Å². The number of rotatable bonds is 7. The number of hydrogen-bond acceptors (Lipinski definition) is 2. The minimum Gasteiger partial charge on any atom is -0.355 e. The summed E-state index contributed by atoms with van der Waals surface area (Å²) in [5, 5.41) is 9.89. The smallest absolute Gasteiger partial charge is 0.252 e. The summed E-state index contributed by atoms with van der Waals surface area (Å²) in [6, 6.07) is 7.35. The van der Waals surface area contributed by atoms with Crippen molar-refractivity contribution in [1.82, 2.24) is 16.0 Å². The van der Waals surface area contributed by atoms with Crippen molar-refractivity contribution in [3.63, 3.8) is 0 Å². The van der Waals surface area contributed by atoms with Gasteiger partial charge in [0.05, 0.1) is 10.6 Å². The van der Waals surface area contributed by atoms with Crippen LogP contribution in [0.4, 0.5) is 0 Å². The van der Waals surface area contributed by atoms with Crippen molar-refractivity contribution < 1.29 is 4.79 Å². The highest BCUT2D eigenvalue weighted by Crippen LogP contribution is 2.21. The first kappa shape index (κ1) is 21.3. The fourth-order valence-corrected chi connectivity index (χ4v) is 2.47. The van der Waals surface area contributed by atoms with Crippen molar-refractivity contribution in [2.24, 2.45) is 10.4 Å². The molecule has 0 saturated carbocycles. The normalized spacial score (nSPS) is 13.3. The lowest BCUT2D eigenvalue weighted by Crippen LogP contribution is -2.45. The zero-order valence-electron chi connectivity index (χ0n) is 15.9. The summed E-state index contributed by atoms with van der Waals surface area (Å²) in [4.78, 5) is 16.3. The van der Waals surface area contributed by atoms with E-state index in [-0.39, 0.29) is 5.91 Å². The maximum atomic E-state index is 12.1. The third-order valence-corrected chi connectivity index (χ3v) is 4.09. The van der Waals surface area contributed by atoms with E-state index in [1.165, 1.54) is 0 Å². The highest BCUT2D eigenvalue weighted by atomic mass is 35.5. The molecule has 0 fully saturated rings. The van der Waals surface area contributed by atoms with Crippen LogP contribution in [0.15, 0.2) is 29.3 Å². The number of hydrogen-bond donors (Lipinski definition) is 3. The first-order valence-corrected chi connectivity index (χ1v) is 9.10. The molecule has 1 rings (SSSR count). The zero-order chi connectivity index (χ0) is 18.9. The van der Waals surface area contributed by atoms with Crippen molar-refractivity contribution >= 4 is 23.5 Å². The molecule has 0 saturated heterocycles. The van der Waals surface area contributed by atoms with Gasteiger partial charge in [-0.15, -0.1) is 0 Å². The van der Waals surface area contributed by atoms with Crippen molar-refractivity contribution in [2.75, 3.05) is 20.1 Å². The number of nitrogens with one attached hydrogen (secondary N) is 3. The Morgan fingerprint density at radius 2 is 1.84 bits per heavy atom. The van der Waals surface area contributed by atoms with E-state index < -0.39 is 0 Å². The van der Waals surface area contributed by atoms with Crippen molar-refractivity contribution in [1.29, 1.82) is 0 Å². The van der Waals surface area contributed by atoms with Crippen LogP contribution in [-0.4, -0.2) is 38.0 Å². The van der Waals surface area contributed by atoms with E-state index in [1.54, 1.807) is 31.3 Å². The summed E-state index contributed by atoms with van der Waals surface area (Å²) in [7, 11) is 1.74. The second-order valence-electron chi connectivity index (χ2n) is 7.38. The molecule has 0 spiro atoms. The number of benzene rings is 1. The third kappa shape index (κ3) is 8.77. The van der Waals surface area contributed by atoms with Crippen LogP contribution in [-0.2, 0) is 0 Å². The minimum absolute atomic E-state index is 0.172. The molecule has 0 radical (unpaired) electrons. The molecule has 25 heavy (non-hydrogen) atoms. The molecular formula is C19H31ClN4O.